The molecule has 1 heterocycles. The number of unbranched alkanes of at least 4 members (excludes halogenated alkanes) is 7. The molecule has 0 aromatic heterocycles. The normalized spacial score (nSPS) is 15.0. The molecule has 18 heavy (non-hydrogen) atoms. The molecule has 0 aromatic rings. The zero-order valence-electron chi connectivity index (χ0n) is 11.8. The molecule has 2 heteroatoms. The number of likely N-dealkylation sites (tertiary alicyclic amines) is 1. The Balaban J connectivity index is 1.83. The van der Waals surface area contributed by atoms with Crippen LogP contribution in [0.2, 0.25) is 0 Å². The molecule has 2 nitrogen and oxygen atoms in total. The van der Waals surface area contributed by atoms with E-state index in [-0.39, 0.29) is 0 Å². The van der Waals surface area contributed by atoms with Gasteiger partial charge in [-0.1, -0.05) is 38.2 Å². The first-order chi connectivity index (χ1) is 8.84. The average Bonchev–Trinajstić information content (AvgIpc) is 2.90. The molecular weight excluding hydrogens is 222 g/mol. The standard InChI is InChI=1S/C16H29NO/c1-2-3-4-5-6-7-8-9-10-13-16(18)17-14-11-12-15-17/h2H,1,3-15H2. The largest absolute Gasteiger partial charge is 0.343 e. The van der Waals surface area contributed by atoms with Crippen LogP contribution in [-0.2, 0) is 4.79 Å². The third-order valence-corrected chi connectivity index (χ3v) is 3.76. The highest BCUT2D eigenvalue weighted by molar-refractivity contribution is 5.76. The van der Waals surface area contributed by atoms with Crippen LogP contribution in [0.4, 0.5) is 0 Å². The summed E-state index contributed by atoms with van der Waals surface area (Å²) in [6.07, 6.45) is 15.2. The van der Waals surface area contributed by atoms with Gasteiger partial charge in [0, 0.05) is 19.5 Å². The minimum Gasteiger partial charge on any atom is -0.343 e. The Morgan fingerprint density at radius 3 is 2.11 bits per heavy atom. The molecule has 0 unspecified atom stereocenters. The summed E-state index contributed by atoms with van der Waals surface area (Å²) in [4.78, 5) is 13.8. The fraction of sp³-hybridized carbons (Fsp3) is 0.812. The summed E-state index contributed by atoms with van der Waals surface area (Å²) in [6, 6.07) is 0. The van der Waals surface area contributed by atoms with Crippen LogP contribution in [-0.4, -0.2) is 23.9 Å². The monoisotopic (exact) mass is 251 g/mol. The summed E-state index contributed by atoms with van der Waals surface area (Å²) in [5.41, 5.74) is 0. The van der Waals surface area contributed by atoms with E-state index in [9.17, 15) is 4.79 Å². The quantitative estimate of drug-likeness (QED) is 0.418. The van der Waals surface area contributed by atoms with Crippen molar-refractivity contribution in [3.05, 3.63) is 12.7 Å². The highest BCUT2D eigenvalue weighted by Crippen LogP contribution is 2.13. The Morgan fingerprint density at radius 2 is 1.50 bits per heavy atom. The molecule has 1 amide bonds. The van der Waals surface area contributed by atoms with Crippen LogP contribution in [0.3, 0.4) is 0 Å². The van der Waals surface area contributed by atoms with E-state index in [1.807, 2.05) is 11.0 Å². The zero-order valence-corrected chi connectivity index (χ0v) is 11.8. The van der Waals surface area contributed by atoms with Gasteiger partial charge in [-0.25, -0.2) is 0 Å². The van der Waals surface area contributed by atoms with Gasteiger partial charge in [-0.05, 0) is 32.1 Å². The number of nitrogens with zero attached hydrogens (tertiary/aromatic N) is 1. The van der Waals surface area contributed by atoms with Crippen LogP contribution >= 0.6 is 0 Å². The van der Waals surface area contributed by atoms with Crippen LogP contribution in [0.15, 0.2) is 12.7 Å². The van der Waals surface area contributed by atoms with Crippen molar-refractivity contribution in [3.63, 3.8) is 0 Å². The van der Waals surface area contributed by atoms with Gasteiger partial charge in [-0.15, -0.1) is 6.58 Å². The van der Waals surface area contributed by atoms with Crippen LogP contribution in [0.5, 0.6) is 0 Å². The number of carbonyl (C=O) groups excluding carboxylic acids is 1. The molecule has 0 aliphatic carbocycles. The molecule has 0 atom stereocenters. The Hall–Kier alpha value is -0.790. The summed E-state index contributed by atoms with van der Waals surface area (Å²) < 4.78 is 0. The van der Waals surface area contributed by atoms with Gasteiger partial charge in [0.05, 0.1) is 0 Å². The molecule has 0 saturated carbocycles. The lowest BCUT2D eigenvalue weighted by atomic mass is 10.1. The van der Waals surface area contributed by atoms with Gasteiger partial charge in [0.25, 0.3) is 0 Å². The third kappa shape index (κ3) is 6.83. The second kappa shape index (κ2) is 10.2. The van der Waals surface area contributed by atoms with E-state index >= 15 is 0 Å². The first kappa shape index (κ1) is 15.3. The van der Waals surface area contributed by atoms with Crippen molar-refractivity contribution in [3.8, 4) is 0 Å². The lowest BCUT2D eigenvalue weighted by Crippen LogP contribution is -2.27. The lowest BCUT2D eigenvalue weighted by molar-refractivity contribution is -0.130. The summed E-state index contributed by atoms with van der Waals surface area (Å²) in [5.74, 6) is 0.387. The number of rotatable bonds is 10. The van der Waals surface area contributed by atoms with Crippen molar-refractivity contribution in [1.82, 2.24) is 4.90 Å². The molecule has 1 aliphatic heterocycles. The second-order valence-electron chi connectivity index (χ2n) is 5.39. The second-order valence-corrected chi connectivity index (χ2v) is 5.39. The van der Waals surface area contributed by atoms with Crippen molar-refractivity contribution in [2.45, 2.75) is 70.6 Å². The van der Waals surface area contributed by atoms with Crippen molar-refractivity contribution >= 4 is 5.91 Å². The molecule has 0 aromatic carbocycles. The predicted octanol–water partition coefficient (Wildman–Crippen LogP) is 4.31. The van der Waals surface area contributed by atoms with Crippen molar-refractivity contribution < 1.29 is 4.79 Å². The Kier molecular flexibility index (Phi) is 8.62. The molecule has 1 aliphatic rings. The molecule has 0 spiro atoms. The van der Waals surface area contributed by atoms with Gasteiger partial charge in [-0.3, -0.25) is 4.79 Å². The van der Waals surface area contributed by atoms with Gasteiger partial charge in [0.1, 0.15) is 0 Å². The van der Waals surface area contributed by atoms with Gasteiger partial charge in [-0.2, -0.15) is 0 Å². The van der Waals surface area contributed by atoms with Crippen LogP contribution in [0.1, 0.15) is 70.6 Å². The van der Waals surface area contributed by atoms with Crippen molar-refractivity contribution in [1.29, 1.82) is 0 Å². The number of allylic oxidation sites excluding steroid dienone is 1. The highest BCUT2D eigenvalue weighted by atomic mass is 16.2. The van der Waals surface area contributed by atoms with E-state index in [1.165, 1.54) is 51.4 Å². The summed E-state index contributed by atoms with van der Waals surface area (Å²) >= 11 is 0. The molecular formula is C16H29NO. The molecule has 0 N–H and O–H groups in total. The summed E-state index contributed by atoms with van der Waals surface area (Å²) in [7, 11) is 0. The molecule has 1 saturated heterocycles. The van der Waals surface area contributed by atoms with E-state index in [2.05, 4.69) is 6.58 Å². The minimum atomic E-state index is 0.387. The number of hydrogen-bond donors (Lipinski definition) is 0. The zero-order chi connectivity index (χ0) is 13.1. The van der Waals surface area contributed by atoms with Crippen molar-refractivity contribution in [2.24, 2.45) is 0 Å². The Bertz CT molecular complexity index is 231. The van der Waals surface area contributed by atoms with E-state index < -0.39 is 0 Å². The smallest absolute Gasteiger partial charge is 0.222 e. The van der Waals surface area contributed by atoms with E-state index in [0.29, 0.717) is 5.91 Å². The Labute approximate surface area is 112 Å². The van der Waals surface area contributed by atoms with E-state index in [0.717, 1.165) is 32.4 Å². The summed E-state index contributed by atoms with van der Waals surface area (Å²) in [6.45, 7) is 5.74. The average molecular weight is 251 g/mol. The molecule has 0 radical (unpaired) electrons. The van der Waals surface area contributed by atoms with Gasteiger partial charge >= 0.3 is 0 Å². The number of amides is 1. The van der Waals surface area contributed by atoms with Gasteiger partial charge in [0.2, 0.25) is 5.91 Å². The summed E-state index contributed by atoms with van der Waals surface area (Å²) in [5, 5.41) is 0. The number of carbonyl (C=O) groups is 1. The van der Waals surface area contributed by atoms with E-state index in [4.69, 9.17) is 0 Å². The van der Waals surface area contributed by atoms with Crippen LogP contribution in [0.25, 0.3) is 0 Å². The number of hydrogen-bond acceptors (Lipinski definition) is 1. The van der Waals surface area contributed by atoms with Crippen molar-refractivity contribution in [2.75, 3.05) is 13.1 Å². The molecule has 1 fully saturated rings. The first-order valence-corrected chi connectivity index (χ1v) is 7.73. The van der Waals surface area contributed by atoms with Gasteiger partial charge in [0.15, 0.2) is 0 Å². The third-order valence-electron chi connectivity index (χ3n) is 3.76. The van der Waals surface area contributed by atoms with Crippen LogP contribution in [0, 0.1) is 0 Å². The maximum Gasteiger partial charge on any atom is 0.222 e. The first-order valence-electron chi connectivity index (χ1n) is 7.73. The fourth-order valence-electron chi connectivity index (χ4n) is 2.57. The topological polar surface area (TPSA) is 20.3 Å². The lowest BCUT2D eigenvalue weighted by Gasteiger charge is -2.14. The Morgan fingerprint density at radius 1 is 0.944 bits per heavy atom. The maximum atomic E-state index is 11.8. The highest BCUT2D eigenvalue weighted by Gasteiger charge is 2.16. The van der Waals surface area contributed by atoms with Gasteiger partial charge < -0.3 is 4.90 Å². The molecule has 0 bridgehead atoms. The SMILES string of the molecule is C=CCCCCCCCCCC(=O)N1CCCC1. The fourth-order valence-corrected chi connectivity index (χ4v) is 2.57. The van der Waals surface area contributed by atoms with E-state index in [1.54, 1.807) is 0 Å². The predicted molar refractivity (Wildman–Crippen MR) is 77.6 cm³/mol. The maximum absolute atomic E-state index is 11.8. The molecule has 104 valence electrons. The minimum absolute atomic E-state index is 0.387. The van der Waals surface area contributed by atoms with Crippen LogP contribution < -0.4 is 0 Å². The molecule has 1 rings (SSSR count).